The average Bonchev–Trinajstić information content (AvgIpc) is 3.05. The maximum Gasteiger partial charge on any atom is 0.168 e. The molecular formula is C14H21N7. The minimum Gasteiger partial charge on any atom is -0.334 e. The van der Waals surface area contributed by atoms with Gasteiger partial charge in [-0.05, 0) is 43.0 Å². The molecule has 21 heavy (non-hydrogen) atoms. The van der Waals surface area contributed by atoms with Gasteiger partial charge in [0.1, 0.15) is 0 Å². The molecule has 4 rings (SSSR count). The van der Waals surface area contributed by atoms with E-state index in [1.54, 1.807) is 0 Å². The average molecular weight is 287 g/mol. The molecule has 0 N–H and O–H groups in total. The normalized spacial score (nSPS) is 22.5. The topological polar surface area (TPSA) is 64.7 Å². The van der Waals surface area contributed by atoms with Gasteiger partial charge in [-0.25, -0.2) is 9.67 Å². The Hall–Kier alpha value is -1.76. The highest BCUT2D eigenvalue weighted by atomic mass is 15.6. The van der Waals surface area contributed by atoms with Crippen LogP contribution in [0.4, 0.5) is 0 Å². The summed E-state index contributed by atoms with van der Waals surface area (Å²) >= 11 is 0. The maximum atomic E-state index is 4.27. The summed E-state index contributed by atoms with van der Waals surface area (Å²) in [6.45, 7) is 4.39. The molecule has 2 aromatic heterocycles. The Labute approximate surface area is 124 Å². The molecule has 3 heterocycles. The summed E-state index contributed by atoms with van der Waals surface area (Å²) in [6, 6.07) is 1.42. The number of piperidine rings is 1. The van der Waals surface area contributed by atoms with Crippen LogP contribution in [0, 0.1) is 0 Å². The third-order valence-electron chi connectivity index (χ3n) is 4.78. The second-order valence-electron chi connectivity index (χ2n) is 6.17. The van der Waals surface area contributed by atoms with Gasteiger partial charge in [0.15, 0.2) is 5.82 Å². The third-order valence-corrected chi connectivity index (χ3v) is 4.78. The van der Waals surface area contributed by atoms with Gasteiger partial charge >= 0.3 is 0 Å². The van der Waals surface area contributed by atoms with Crippen molar-refractivity contribution >= 4 is 0 Å². The van der Waals surface area contributed by atoms with Crippen molar-refractivity contribution in [1.29, 1.82) is 0 Å². The third kappa shape index (κ3) is 2.46. The van der Waals surface area contributed by atoms with Gasteiger partial charge in [0.05, 0.1) is 18.4 Å². The first-order valence-electron chi connectivity index (χ1n) is 7.82. The zero-order valence-corrected chi connectivity index (χ0v) is 12.3. The Kier molecular flexibility index (Phi) is 3.21. The van der Waals surface area contributed by atoms with Crippen molar-refractivity contribution in [3.63, 3.8) is 0 Å². The van der Waals surface area contributed by atoms with E-state index < -0.39 is 0 Å². The zero-order valence-electron chi connectivity index (χ0n) is 12.3. The summed E-state index contributed by atoms with van der Waals surface area (Å²) < 4.78 is 4.27. The molecule has 1 saturated heterocycles. The van der Waals surface area contributed by atoms with E-state index in [2.05, 4.69) is 43.1 Å². The van der Waals surface area contributed by atoms with Crippen molar-refractivity contribution in [3.8, 4) is 0 Å². The van der Waals surface area contributed by atoms with Crippen molar-refractivity contribution in [2.45, 2.75) is 50.7 Å². The van der Waals surface area contributed by atoms with Gasteiger partial charge in [0.2, 0.25) is 0 Å². The quantitative estimate of drug-likeness (QED) is 0.854. The Morgan fingerprint density at radius 3 is 2.62 bits per heavy atom. The molecule has 2 aliphatic rings. The first-order chi connectivity index (χ1) is 10.3. The molecule has 1 aliphatic carbocycles. The summed E-state index contributed by atoms with van der Waals surface area (Å²) in [5, 5.41) is 12.3. The molecule has 112 valence electrons. The van der Waals surface area contributed by atoms with Crippen LogP contribution in [0.2, 0.25) is 0 Å². The fourth-order valence-corrected chi connectivity index (χ4v) is 3.27. The van der Waals surface area contributed by atoms with Gasteiger partial charge in [-0.15, -0.1) is 5.10 Å². The number of aromatic nitrogens is 6. The van der Waals surface area contributed by atoms with Crippen LogP contribution in [0.5, 0.6) is 0 Å². The highest BCUT2D eigenvalue weighted by Crippen LogP contribution is 2.36. The van der Waals surface area contributed by atoms with Crippen LogP contribution in [-0.4, -0.2) is 47.7 Å². The molecule has 2 fully saturated rings. The monoisotopic (exact) mass is 287 g/mol. The van der Waals surface area contributed by atoms with Crippen LogP contribution in [0.1, 0.15) is 56.6 Å². The summed E-state index contributed by atoms with van der Waals surface area (Å²) in [5.41, 5.74) is 0. The Morgan fingerprint density at radius 1 is 1.14 bits per heavy atom. The molecule has 1 aliphatic heterocycles. The van der Waals surface area contributed by atoms with Crippen molar-refractivity contribution < 1.29 is 0 Å². The Balaban J connectivity index is 1.42. The van der Waals surface area contributed by atoms with E-state index in [1.165, 1.54) is 12.8 Å². The molecule has 7 heteroatoms. The Bertz CT molecular complexity index is 578. The molecule has 2 aromatic rings. The second-order valence-corrected chi connectivity index (χ2v) is 6.17. The number of hydrogen-bond donors (Lipinski definition) is 0. The summed E-state index contributed by atoms with van der Waals surface area (Å²) in [7, 11) is 0. The lowest BCUT2D eigenvalue weighted by molar-refractivity contribution is 0.135. The summed E-state index contributed by atoms with van der Waals surface area (Å²) in [4.78, 5) is 6.65. The smallest absolute Gasteiger partial charge is 0.168 e. The molecule has 0 radical (unpaired) electrons. The lowest BCUT2D eigenvalue weighted by Gasteiger charge is -2.35. The molecule has 1 saturated carbocycles. The number of nitrogens with zero attached hydrogens (tertiary/aromatic N) is 7. The fourth-order valence-electron chi connectivity index (χ4n) is 3.27. The van der Waals surface area contributed by atoms with Gasteiger partial charge < -0.3 is 4.57 Å². The maximum absolute atomic E-state index is 4.27. The van der Waals surface area contributed by atoms with Crippen LogP contribution in [0.25, 0.3) is 0 Å². The molecule has 7 nitrogen and oxygen atoms in total. The molecule has 1 unspecified atom stereocenters. The first kappa shape index (κ1) is 12.9. The van der Waals surface area contributed by atoms with Gasteiger partial charge in [-0.2, -0.15) is 0 Å². The van der Waals surface area contributed by atoms with E-state index >= 15 is 0 Å². The predicted molar refractivity (Wildman–Crippen MR) is 76.6 cm³/mol. The second kappa shape index (κ2) is 5.22. The van der Waals surface area contributed by atoms with Crippen LogP contribution in [-0.2, 0) is 0 Å². The van der Waals surface area contributed by atoms with E-state index in [9.17, 15) is 0 Å². The van der Waals surface area contributed by atoms with E-state index in [0.717, 1.165) is 31.8 Å². The lowest BCUT2D eigenvalue weighted by Crippen LogP contribution is -2.37. The molecular weight excluding hydrogens is 266 g/mol. The number of likely N-dealkylation sites (tertiary alicyclic amines) is 1. The van der Waals surface area contributed by atoms with E-state index in [1.807, 2.05) is 17.2 Å². The van der Waals surface area contributed by atoms with E-state index in [4.69, 9.17) is 0 Å². The van der Waals surface area contributed by atoms with Gasteiger partial charge in [-0.1, -0.05) is 0 Å². The SMILES string of the molecule is CC(c1nnnn1C1CC1)N1CCC(n2ccnc2)CC1. The van der Waals surface area contributed by atoms with Crippen molar-refractivity contribution in [2.24, 2.45) is 0 Å². The van der Waals surface area contributed by atoms with Gasteiger partial charge in [0.25, 0.3) is 0 Å². The van der Waals surface area contributed by atoms with Gasteiger partial charge in [-0.3, -0.25) is 4.90 Å². The first-order valence-corrected chi connectivity index (χ1v) is 7.82. The molecule has 0 bridgehead atoms. The number of imidazole rings is 1. The number of hydrogen-bond acceptors (Lipinski definition) is 5. The largest absolute Gasteiger partial charge is 0.334 e. The van der Waals surface area contributed by atoms with Crippen LogP contribution >= 0.6 is 0 Å². The lowest BCUT2D eigenvalue weighted by atomic mass is 10.0. The zero-order chi connectivity index (χ0) is 14.2. The number of tetrazole rings is 1. The molecule has 0 amide bonds. The predicted octanol–water partition coefficient (Wildman–Crippen LogP) is 1.60. The standard InChI is InChI=1S/C14H21N7/c1-11(14-16-17-18-21(14)13-2-3-13)19-7-4-12(5-8-19)20-9-6-15-10-20/h6,9-13H,2-5,7-8H2,1H3. The summed E-state index contributed by atoms with van der Waals surface area (Å²) in [6.07, 6.45) is 10.6. The van der Waals surface area contributed by atoms with Crippen LogP contribution in [0.3, 0.4) is 0 Å². The van der Waals surface area contributed by atoms with E-state index in [-0.39, 0.29) is 0 Å². The van der Waals surface area contributed by atoms with E-state index in [0.29, 0.717) is 18.1 Å². The van der Waals surface area contributed by atoms with Crippen LogP contribution in [0.15, 0.2) is 18.7 Å². The minimum absolute atomic E-state index is 0.296. The van der Waals surface area contributed by atoms with Crippen molar-refractivity contribution in [2.75, 3.05) is 13.1 Å². The minimum atomic E-state index is 0.296. The molecule has 0 aromatic carbocycles. The number of rotatable bonds is 4. The van der Waals surface area contributed by atoms with Crippen LogP contribution < -0.4 is 0 Å². The van der Waals surface area contributed by atoms with Crippen molar-refractivity contribution in [3.05, 3.63) is 24.5 Å². The molecule has 1 atom stereocenters. The highest BCUT2D eigenvalue weighted by Gasteiger charge is 2.32. The Morgan fingerprint density at radius 2 is 1.95 bits per heavy atom. The van der Waals surface area contributed by atoms with Gasteiger partial charge in [0, 0.05) is 31.5 Å². The molecule has 0 spiro atoms. The van der Waals surface area contributed by atoms with Crippen molar-refractivity contribution in [1.82, 2.24) is 34.7 Å². The summed E-state index contributed by atoms with van der Waals surface area (Å²) in [5.74, 6) is 1.03. The highest BCUT2D eigenvalue weighted by molar-refractivity contribution is 4.97. The fraction of sp³-hybridized carbons (Fsp3) is 0.714.